The zero-order chi connectivity index (χ0) is 10.6. The van der Waals surface area contributed by atoms with Gasteiger partial charge in [-0.2, -0.15) is 5.10 Å². The van der Waals surface area contributed by atoms with Gasteiger partial charge in [0.1, 0.15) is 0 Å². The molecule has 14 heavy (non-hydrogen) atoms. The van der Waals surface area contributed by atoms with Crippen molar-refractivity contribution in [3.63, 3.8) is 0 Å². The summed E-state index contributed by atoms with van der Waals surface area (Å²) < 4.78 is 5.55. The van der Waals surface area contributed by atoms with Crippen LogP contribution < -0.4 is 11.2 Å². The van der Waals surface area contributed by atoms with Gasteiger partial charge in [0.2, 0.25) is 0 Å². The van der Waals surface area contributed by atoms with E-state index in [2.05, 4.69) is 24.4 Å². The molecule has 1 unspecified atom stereocenters. The van der Waals surface area contributed by atoms with Gasteiger partial charge in [0.15, 0.2) is 0 Å². The summed E-state index contributed by atoms with van der Waals surface area (Å²) >= 11 is 0. The van der Waals surface area contributed by atoms with Crippen molar-refractivity contribution in [2.45, 2.75) is 32.8 Å². The lowest BCUT2D eigenvalue weighted by atomic mass is 9.98. The van der Waals surface area contributed by atoms with E-state index in [1.807, 2.05) is 0 Å². The van der Waals surface area contributed by atoms with E-state index >= 15 is 0 Å². The summed E-state index contributed by atoms with van der Waals surface area (Å²) in [5.74, 6) is 0.467. The normalized spacial score (nSPS) is 25.4. The van der Waals surface area contributed by atoms with E-state index in [1.165, 1.54) is 0 Å². The molecular formula is C9H17N3O2. The number of carbonyl (C=O) groups excluding carboxylic acids is 1. The number of ether oxygens (including phenoxy) is 1. The SMILES string of the molecule is CC(C)C1CC(=NNC(N)=O)CCO1. The van der Waals surface area contributed by atoms with Crippen molar-refractivity contribution in [2.24, 2.45) is 16.8 Å². The number of hydrazone groups is 1. The zero-order valence-corrected chi connectivity index (χ0v) is 8.62. The van der Waals surface area contributed by atoms with Crippen LogP contribution in [0.3, 0.4) is 0 Å². The van der Waals surface area contributed by atoms with Gasteiger partial charge in [0, 0.05) is 18.6 Å². The molecule has 0 saturated carbocycles. The number of hydrogen-bond donors (Lipinski definition) is 2. The Morgan fingerprint density at radius 3 is 3.00 bits per heavy atom. The lowest BCUT2D eigenvalue weighted by Gasteiger charge is -2.26. The Bertz CT molecular complexity index is 238. The molecule has 5 heteroatoms. The van der Waals surface area contributed by atoms with Crippen molar-refractivity contribution in [1.29, 1.82) is 0 Å². The fraction of sp³-hybridized carbons (Fsp3) is 0.778. The van der Waals surface area contributed by atoms with Crippen molar-refractivity contribution in [3.8, 4) is 0 Å². The highest BCUT2D eigenvalue weighted by atomic mass is 16.5. The molecule has 2 amide bonds. The maximum absolute atomic E-state index is 10.4. The summed E-state index contributed by atoms with van der Waals surface area (Å²) in [7, 11) is 0. The first-order valence-electron chi connectivity index (χ1n) is 4.82. The van der Waals surface area contributed by atoms with Crippen LogP contribution in [-0.2, 0) is 4.74 Å². The second kappa shape index (κ2) is 4.95. The van der Waals surface area contributed by atoms with Crippen LogP contribution in [0.1, 0.15) is 26.7 Å². The summed E-state index contributed by atoms with van der Waals surface area (Å²) in [6.45, 7) is 4.88. The molecule has 0 bridgehead atoms. The largest absolute Gasteiger partial charge is 0.377 e. The fourth-order valence-electron chi connectivity index (χ4n) is 1.39. The van der Waals surface area contributed by atoms with Crippen LogP contribution in [0.15, 0.2) is 5.10 Å². The minimum absolute atomic E-state index is 0.206. The Labute approximate surface area is 83.7 Å². The average molecular weight is 199 g/mol. The van der Waals surface area contributed by atoms with Crippen LogP contribution in [0.5, 0.6) is 0 Å². The quantitative estimate of drug-likeness (QED) is 0.647. The Kier molecular flexibility index (Phi) is 3.88. The van der Waals surface area contributed by atoms with Crippen LogP contribution in [0.4, 0.5) is 4.79 Å². The number of primary amides is 1. The molecule has 1 atom stereocenters. The molecule has 1 rings (SSSR count). The number of hydrogen-bond acceptors (Lipinski definition) is 3. The molecule has 0 radical (unpaired) electrons. The smallest absolute Gasteiger partial charge is 0.332 e. The fourth-order valence-corrected chi connectivity index (χ4v) is 1.39. The highest BCUT2D eigenvalue weighted by Crippen LogP contribution is 2.17. The van der Waals surface area contributed by atoms with Gasteiger partial charge < -0.3 is 10.5 Å². The number of amides is 2. The monoisotopic (exact) mass is 199 g/mol. The topological polar surface area (TPSA) is 76.7 Å². The molecule has 0 aromatic heterocycles. The lowest BCUT2D eigenvalue weighted by Crippen LogP contribution is -2.32. The van der Waals surface area contributed by atoms with E-state index in [-0.39, 0.29) is 6.10 Å². The predicted octanol–water partition coefficient (Wildman–Crippen LogP) is 0.846. The minimum atomic E-state index is -0.620. The Balaban J connectivity index is 2.47. The molecule has 1 heterocycles. The lowest BCUT2D eigenvalue weighted by molar-refractivity contribution is 0.0197. The summed E-state index contributed by atoms with van der Waals surface area (Å²) in [5.41, 5.74) is 8.11. The van der Waals surface area contributed by atoms with Crippen molar-refractivity contribution < 1.29 is 9.53 Å². The van der Waals surface area contributed by atoms with Crippen LogP contribution in [0.25, 0.3) is 0 Å². The van der Waals surface area contributed by atoms with E-state index in [0.29, 0.717) is 12.5 Å². The van der Waals surface area contributed by atoms with Crippen molar-refractivity contribution >= 4 is 11.7 Å². The number of rotatable bonds is 2. The predicted molar refractivity (Wildman–Crippen MR) is 54.0 cm³/mol. The molecule has 0 aromatic rings. The van der Waals surface area contributed by atoms with Crippen LogP contribution in [-0.4, -0.2) is 24.5 Å². The first-order valence-corrected chi connectivity index (χ1v) is 4.82. The van der Waals surface area contributed by atoms with Crippen LogP contribution >= 0.6 is 0 Å². The first-order chi connectivity index (χ1) is 6.59. The van der Waals surface area contributed by atoms with Crippen LogP contribution in [0.2, 0.25) is 0 Å². The minimum Gasteiger partial charge on any atom is -0.377 e. The molecule has 0 aliphatic carbocycles. The van der Waals surface area contributed by atoms with Crippen molar-refractivity contribution in [3.05, 3.63) is 0 Å². The molecular weight excluding hydrogens is 182 g/mol. The van der Waals surface area contributed by atoms with Gasteiger partial charge in [0.05, 0.1) is 12.7 Å². The Morgan fingerprint density at radius 1 is 1.71 bits per heavy atom. The van der Waals surface area contributed by atoms with Gasteiger partial charge in [0.25, 0.3) is 0 Å². The van der Waals surface area contributed by atoms with Gasteiger partial charge in [-0.05, 0) is 5.92 Å². The first kappa shape index (κ1) is 11.0. The van der Waals surface area contributed by atoms with Crippen LogP contribution in [0, 0.1) is 5.92 Å². The molecule has 1 saturated heterocycles. The highest BCUT2D eigenvalue weighted by Gasteiger charge is 2.21. The maximum atomic E-state index is 10.4. The van der Waals surface area contributed by atoms with Gasteiger partial charge in [-0.25, -0.2) is 10.2 Å². The second-order valence-electron chi connectivity index (χ2n) is 3.76. The maximum Gasteiger partial charge on any atom is 0.332 e. The summed E-state index contributed by atoms with van der Waals surface area (Å²) in [5, 5.41) is 3.93. The van der Waals surface area contributed by atoms with E-state index in [4.69, 9.17) is 10.5 Å². The van der Waals surface area contributed by atoms with E-state index in [9.17, 15) is 4.79 Å². The summed E-state index contributed by atoms with van der Waals surface area (Å²) in [6.07, 6.45) is 1.75. The molecule has 1 fully saturated rings. The molecule has 3 N–H and O–H groups in total. The Morgan fingerprint density at radius 2 is 2.43 bits per heavy atom. The van der Waals surface area contributed by atoms with E-state index < -0.39 is 6.03 Å². The number of nitrogens with two attached hydrogens (primary N) is 1. The van der Waals surface area contributed by atoms with Crippen molar-refractivity contribution in [2.75, 3.05) is 6.61 Å². The highest BCUT2D eigenvalue weighted by molar-refractivity contribution is 5.86. The standard InChI is InChI=1S/C9H17N3O2/c1-6(2)8-5-7(3-4-14-8)11-12-9(10)13/h6,8H,3-5H2,1-2H3,(H3,10,12,13). The Hall–Kier alpha value is -1.10. The number of nitrogens with one attached hydrogen (secondary N) is 1. The summed E-state index contributed by atoms with van der Waals surface area (Å²) in [4.78, 5) is 10.4. The van der Waals surface area contributed by atoms with Gasteiger partial charge in [-0.15, -0.1) is 0 Å². The van der Waals surface area contributed by atoms with Gasteiger partial charge >= 0.3 is 6.03 Å². The third-order valence-corrected chi connectivity index (χ3v) is 2.23. The molecule has 0 spiro atoms. The molecule has 0 aromatic carbocycles. The molecule has 1 aliphatic rings. The second-order valence-corrected chi connectivity index (χ2v) is 3.76. The van der Waals surface area contributed by atoms with E-state index in [1.54, 1.807) is 0 Å². The number of urea groups is 1. The summed E-state index contributed by atoms with van der Waals surface area (Å²) in [6, 6.07) is -0.620. The molecule has 5 nitrogen and oxygen atoms in total. The molecule has 1 aliphatic heterocycles. The third kappa shape index (κ3) is 3.33. The van der Waals surface area contributed by atoms with Gasteiger partial charge in [-0.3, -0.25) is 0 Å². The van der Waals surface area contributed by atoms with Gasteiger partial charge in [-0.1, -0.05) is 13.8 Å². The average Bonchev–Trinajstić information content (AvgIpc) is 2.15. The number of carbonyl (C=O) groups is 1. The zero-order valence-electron chi connectivity index (χ0n) is 8.62. The molecule has 80 valence electrons. The van der Waals surface area contributed by atoms with Crippen molar-refractivity contribution in [1.82, 2.24) is 5.43 Å². The number of nitrogens with zero attached hydrogens (tertiary/aromatic N) is 1. The third-order valence-electron chi connectivity index (χ3n) is 2.23. The van der Waals surface area contributed by atoms with E-state index in [0.717, 1.165) is 18.6 Å².